The molecule has 2 rings (SSSR count). The van der Waals surface area contributed by atoms with E-state index < -0.39 is 0 Å². The molecule has 0 bridgehead atoms. The van der Waals surface area contributed by atoms with Crippen LogP contribution in [-0.4, -0.2) is 35.6 Å². The molecule has 2 unspecified atom stereocenters. The van der Waals surface area contributed by atoms with Gasteiger partial charge in [0, 0.05) is 30.7 Å². The lowest BCUT2D eigenvalue weighted by molar-refractivity contribution is 0.199. The first-order chi connectivity index (χ1) is 8.66. The fourth-order valence-electron chi connectivity index (χ4n) is 2.70. The second-order valence-corrected chi connectivity index (χ2v) is 6.60. The van der Waals surface area contributed by atoms with Gasteiger partial charge in [-0.2, -0.15) is 0 Å². The Morgan fingerprint density at radius 3 is 3.00 bits per heavy atom. The molecule has 3 nitrogen and oxygen atoms in total. The maximum Gasteiger partial charge on any atom is 0.109 e. The predicted molar refractivity (Wildman–Crippen MR) is 78.0 cm³/mol. The fraction of sp³-hybridized carbons (Fsp3) is 0.786. The molecular formula is C14H25N3S. The van der Waals surface area contributed by atoms with Crippen molar-refractivity contribution in [3.8, 4) is 0 Å². The smallest absolute Gasteiger partial charge is 0.109 e. The molecule has 1 aromatic rings. The second kappa shape index (κ2) is 6.64. The Hall–Kier alpha value is -0.450. The van der Waals surface area contributed by atoms with Crippen LogP contribution in [-0.2, 0) is 0 Å². The summed E-state index contributed by atoms with van der Waals surface area (Å²) in [5.74, 6) is 0.762. The molecule has 1 N–H and O–H groups in total. The van der Waals surface area contributed by atoms with E-state index in [1.54, 1.807) is 11.3 Å². The lowest BCUT2D eigenvalue weighted by Gasteiger charge is -2.29. The molecule has 0 aliphatic carbocycles. The summed E-state index contributed by atoms with van der Waals surface area (Å²) in [4.78, 5) is 7.05. The summed E-state index contributed by atoms with van der Waals surface area (Å²) in [6.07, 6.45) is 4.42. The zero-order valence-corrected chi connectivity index (χ0v) is 12.5. The van der Waals surface area contributed by atoms with Gasteiger partial charge in [-0.05, 0) is 32.2 Å². The summed E-state index contributed by atoms with van der Waals surface area (Å²) in [6, 6.07) is 1.09. The monoisotopic (exact) mass is 267 g/mol. The molecule has 4 heteroatoms. The first-order valence-corrected chi connectivity index (χ1v) is 7.91. The second-order valence-electron chi connectivity index (χ2n) is 5.68. The molecule has 0 radical (unpaired) electrons. The summed E-state index contributed by atoms with van der Waals surface area (Å²) in [5.41, 5.74) is 0. The molecule has 0 amide bonds. The molecule has 1 aliphatic rings. The largest absolute Gasteiger partial charge is 0.313 e. The van der Waals surface area contributed by atoms with Crippen molar-refractivity contribution in [2.24, 2.45) is 5.92 Å². The van der Waals surface area contributed by atoms with Crippen molar-refractivity contribution < 1.29 is 0 Å². The van der Waals surface area contributed by atoms with E-state index in [1.807, 2.05) is 6.20 Å². The molecule has 1 aromatic heterocycles. The average Bonchev–Trinajstić information content (AvgIpc) is 2.75. The third-order valence-corrected chi connectivity index (χ3v) is 4.57. The highest BCUT2D eigenvalue weighted by Gasteiger charge is 2.24. The molecule has 1 fully saturated rings. The van der Waals surface area contributed by atoms with Gasteiger partial charge in [-0.1, -0.05) is 13.8 Å². The molecule has 102 valence electrons. The van der Waals surface area contributed by atoms with Gasteiger partial charge in [0.2, 0.25) is 0 Å². The number of hydrogen-bond donors (Lipinski definition) is 1. The zero-order chi connectivity index (χ0) is 13.0. The SMILES string of the molecule is CC(C)CC1CN(C(C)c2nccs2)CCCN1. The lowest BCUT2D eigenvalue weighted by Crippen LogP contribution is -2.39. The highest BCUT2D eigenvalue weighted by Crippen LogP contribution is 2.24. The Labute approximate surface area is 115 Å². The average molecular weight is 267 g/mol. The Morgan fingerprint density at radius 2 is 2.33 bits per heavy atom. The number of nitrogens with one attached hydrogen (secondary N) is 1. The van der Waals surface area contributed by atoms with Gasteiger partial charge >= 0.3 is 0 Å². The molecule has 2 atom stereocenters. The summed E-state index contributed by atoms with van der Waals surface area (Å²) in [7, 11) is 0. The summed E-state index contributed by atoms with van der Waals surface area (Å²) in [6.45, 7) is 10.4. The number of hydrogen-bond acceptors (Lipinski definition) is 4. The Kier molecular flexibility index (Phi) is 5.15. The van der Waals surface area contributed by atoms with Crippen LogP contribution in [0.15, 0.2) is 11.6 Å². The Bertz CT molecular complexity index is 337. The van der Waals surface area contributed by atoms with Crippen molar-refractivity contribution >= 4 is 11.3 Å². The van der Waals surface area contributed by atoms with E-state index in [1.165, 1.54) is 24.4 Å². The van der Waals surface area contributed by atoms with Crippen LogP contribution in [0.1, 0.15) is 44.7 Å². The molecule has 0 aromatic carbocycles. The quantitative estimate of drug-likeness (QED) is 0.909. The van der Waals surface area contributed by atoms with Crippen LogP contribution in [0.2, 0.25) is 0 Å². The standard InChI is InChI=1S/C14H25N3S/c1-11(2)9-13-10-17(7-4-5-15-13)12(3)14-16-6-8-18-14/h6,8,11-13,15H,4-5,7,9-10H2,1-3H3. The van der Waals surface area contributed by atoms with Crippen LogP contribution in [0.3, 0.4) is 0 Å². The topological polar surface area (TPSA) is 28.2 Å². The van der Waals surface area contributed by atoms with Crippen LogP contribution >= 0.6 is 11.3 Å². The van der Waals surface area contributed by atoms with Crippen molar-refractivity contribution in [2.45, 2.75) is 45.7 Å². The molecule has 0 saturated carbocycles. The van der Waals surface area contributed by atoms with E-state index in [0.717, 1.165) is 19.0 Å². The van der Waals surface area contributed by atoms with E-state index >= 15 is 0 Å². The number of nitrogens with zero attached hydrogens (tertiary/aromatic N) is 2. The minimum Gasteiger partial charge on any atom is -0.313 e. The minimum absolute atomic E-state index is 0.458. The van der Waals surface area contributed by atoms with E-state index in [9.17, 15) is 0 Å². The van der Waals surface area contributed by atoms with E-state index in [2.05, 4.69) is 41.4 Å². The van der Waals surface area contributed by atoms with Gasteiger partial charge in [0.25, 0.3) is 0 Å². The van der Waals surface area contributed by atoms with Crippen molar-refractivity contribution in [2.75, 3.05) is 19.6 Å². The molecular weight excluding hydrogens is 242 g/mol. The molecule has 18 heavy (non-hydrogen) atoms. The van der Waals surface area contributed by atoms with Crippen LogP contribution in [0.4, 0.5) is 0 Å². The van der Waals surface area contributed by atoms with Gasteiger partial charge < -0.3 is 5.32 Å². The van der Waals surface area contributed by atoms with Crippen molar-refractivity contribution in [3.05, 3.63) is 16.6 Å². The zero-order valence-electron chi connectivity index (χ0n) is 11.7. The molecule has 1 aliphatic heterocycles. The van der Waals surface area contributed by atoms with E-state index in [4.69, 9.17) is 0 Å². The van der Waals surface area contributed by atoms with Crippen molar-refractivity contribution in [1.82, 2.24) is 15.2 Å². The predicted octanol–water partition coefficient (Wildman–Crippen LogP) is 2.91. The number of thiazole rings is 1. The van der Waals surface area contributed by atoms with E-state index in [0.29, 0.717) is 12.1 Å². The number of aromatic nitrogens is 1. The van der Waals surface area contributed by atoms with Crippen LogP contribution < -0.4 is 5.32 Å². The highest BCUT2D eigenvalue weighted by atomic mass is 32.1. The van der Waals surface area contributed by atoms with Crippen molar-refractivity contribution in [3.63, 3.8) is 0 Å². The van der Waals surface area contributed by atoms with Crippen LogP contribution in [0.5, 0.6) is 0 Å². The first kappa shape index (κ1) is 14.0. The van der Waals surface area contributed by atoms with Gasteiger partial charge in [0.1, 0.15) is 5.01 Å². The van der Waals surface area contributed by atoms with Gasteiger partial charge in [0.05, 0.1) is 6.04 Å². The van der Waals surface area contributed by atoms with Crippen molar-refractivity contribution in [1.29, 1.82) is 0 Å². The first-order valence-electron chi connectivity index (χ1n) is 7.03. The highest BCUT2D eigenvalue weighted by molar-refractivity contribution is 7.09. The van der Waals surface area contributed by atoms with Crippen LogP contribution in [0.25, 0.3) is 0 Å². The maximum absolute atomic E-state index is 4.46. The van der Waals surface area contributed by atoms with E-state index in [-0.39, 0.29) is 0 Å². The van der Waals surface area contributed by atoms with Gasteiger partial charge in [-0.25, -0.2) is 4.98 Å². The minimum atomic E-state index is 0.458. The number of rotatable bonds is 4. The summed E-state index contributed by atoms with van der Waals surface area (Å²) >= 11 is 1.77. The van der Waals surface area contributed by atoms with Gasteiger partial charge in [-0.15, -0.1) is 11.3 Å². The summed E-state index contributed by atoms with van der Waals surface area (Å²) < 4.78 is 0. The molecule has 1 saturated heterocycles. The maximum atomic E-state index is 4.46. The third kappa shape index (κ3) is 3.77. The third-order valence-electron chi connectivity index (χ3n) is 3.62. The van der Waals surface area contributed by atoms with Crippen LogP contribution in [0, 0.1) is 5.92 Å². The fourth-order valence-corrected chi connectivity index (χ4v) is 3.43. The van der Waals surface area contributed by atoms with Gasteiger partial charge in [0.15, 0.2) is 0 Å². The lowest BCUT2D eigenvalue weighted by atomic mass is 10.0. The summed E-state index contributed by atoms with van der Waals surface area (Å²) in [5, 5.41) is 7.01. The molecule has 2 heterocycles. The Morgan fingerprint density at radius 1 is 1.50 bits per heavy atom. The molecule has 0 spiro atoms. The Balaban J connectivity index is 1.98. The van der Waals surface area contributed by atoms with Gasteiger partial charge in [-0.3, -0.25) is 4.90 Å². The normalized spacial score (nSPS) is 24.1.